The molecule has 5 rings (SSSR count). The summed E-state index contributed by atoms with van der Waals surface area (Å²) in [5.74, 6) is 1.39. The third-order valence-electron chi connectivity index (χ3n) is 8.03. The maximum absolute atomic E-state index is 13.9. The molecule has 4 aliphatic rings. The Labute approximate surface area is 170 Å². The summed E-state index contributed by atoms with van der Waals surface area (Å²) in [5, 5.41) is -0.370. The van der Waals surface area contributed by atoms with Gasteiger partial charge < -0.3 is 4.74 Å². The van der Waals surface area contributed by atoms with E-state index < -0.39 is 9.84 Å². The molecule has 2 unspecified atom stereocenters. The highest BCUT2D eigenvalue weighted by Crippen LogP contribution is 2.60. The van der Waals surface area contributed by atoms with Crippen LogP contribution in [0.4, 0.5) is 0 Å². The molecule has 0 N–H and O–H groups in total. The molecule has 154 valence electrons. The summed E-state index contributed by atoms with van der Waals surface area (Å²) in [5.41, 5.74) is 6.28. The molecule has 2 atom stereocenters. The first-order chi connectivity index (χ1) is 12.8. The monoisotopic (exact) mass is 402 g/mol. The Morgan fingerprint density at radius 3 is 2.18 bits per heavy atom. The number of fused-ring (bicyclic) bond motifs is 3. The molecule has 0 saturated heterocycles. The summed E-state index contributed by atoms with van der Waals surface area (Å²) in [6.07, 6.45) is 3.61. The number of hydrogen-bond donors (Lipinski definition) is 0. The molecule has 1 aliphatic heterocycles. The van der Waals surface area contributed by atoms with Gasteiger partial charge in [0, 0.05) is 0 Å². The molecule has 1 aromatic rings. The van der Waals surface area contributed by atoms with E-state index in [1.54, 1.807) is 0 Å². The average Bonchev–Trinajstić information content (AvgIpc) is 2.58. The Balaban J connectivity index is 1.87. The van der Waals surface area contributed by atoms with Crippen LogP contribution in [0.25, 0.3) is 0 Å². The third kappa shape index (κ3) is 2.56. The second-order valence-corrected chi connectivity index (χ2v) is 12.5. The number of rotatable bonds is 2. The quantitative estimate of drug-likeness (QED) is 0.603. The molecule has 1 fully saturated rings. The van der Waals surface area contributed by atoms with Crippen LogP contribution >= 0.6 is 0 Å². The smallest absolute Gasteiger partial charge is 0.185 e. The molecule has 3 aliphatic carbocycles. The van der Waals surface area contributed by atoms with Gasteiger partial charge >= 0.3 is 0 Å². The lowest BCUT2D eigenvalue weighted by atomic mass is 9.52. The zero-order valence-corrected chi connectivity index (χ0v) is 19.4. The molecule has 0 spiro atoms. The van der Waals surface area contributed by atoms with Gasteiger partial charge in [-0.2, -0.15) is 0 Å². The van der Waals surface area contributed by atoms with Crippen molar-refractivity contribution in [3.8, 4) is 5.75 Å². The predicted octanol–water partition coefficient (Wildman–Crippen LogP) is 5.62. The highest BCUT2D eigenvalue weighted by Gasteiger charge is 2.53. The van der Waals surface area contributed by atoms with Crippen LogP contribution in [0.15, 0.2) is 16.0 Å². The molecule has 28 heavy (non-hydrogen) atoms. The van der Waals surface area contributed by atoms with Gasteiger partial charge in [-0.1, -0.05) is 25.0 Å². The van der Waals surface area contributed by atoms with Gasteiger partial charge in [0.05, 0.1) is 10.1 Å². The number of hydrogen-bond acceptors (Lipinski definition) is 3. The van der Waals surface area contributed by atoms with Crippen LogP contribution in [0.2, 0.25) is 0 Å². The first kappa shape index (κ1) is 20.0. The molecule has 3 nitrogen and oxygen atoms in total. The van der Waals surface area contributed by atoms with E-state index in [2.05, 4.69) is 34.6 Å². The van der Waals surface area contributed by atoms with Crippen LogP contribution in [0, 0.1) is 32.1 Å². The predicted molar refractivity (Wildman–Crippen MR) is 114 cm³/mol. The fourth-order valence-electron chi connectivity index (χ4n) is 5.83. The lowest BCUT2D eigenvalue weighted by Gasteiger charge is -2.54. The van der Waals surface area contributed by atoms with Gasteiger partial charge in [0.25, 0.3) is 0 Å². The number of allylic oxidation sites excluding steroid dienone is 1. The van der Waals surface area contributed by atoms with E-state index in [1.807, 2.05) is 20.8 Å². The Kier molecular flexibility index (Phi) is 4.19. The lowest BCUT2D eigenvalue weighted by molar-refractivity contribution is 0.0832. The van der Waals surface area contributed by atoms with E-state index in [0.717, 1.165) is 59.3 Å². The molecule has 0 amide bonds. The SMILES string of the molecule is CC1=C2CC(CC1S(=O)(=O)c1c(C)c(C)c3c(c1C)CCC(C)(C)O3)C2(C)C. The van der Waals surface area contributed by atoms with E-state index >= 15 is 0 Å². The van der Waals surface area contributed by atoms with Crippen LogP contribution in [0.5, 0.6) is 5.75 Å². The molecule has 2 bridgehead atoms. The van der Waals surface area contributed by atoms with Crippen LogP contribution in [-0.4, -0.2) is 19.3 Å². The van der Waals surface area contributed by atoms with Crippen LogP contribution in [-0.2, 0) is 16.3 Å². The van der Waals surface area contributed by atoms with Gasteiger partial charge in [-0.25, -0.2) is 8.42 Å². The van der Waals surface area contributed by atoms with Crippen molar-refractivity contribution in [2.45, 2.75) is 96.8 Å². The van der Waals surface area contributed by atoms with E-state index in [-0.39, 0.29) is 16.3 Å². The van der Waals surface area contributed by atoms with Crippen molar-refractivity contribution in [1.82, 2.24) is 0 Å². The average molecular weight is 403 g/mol. The normalized spacial score (nSPS) is 27.7. The molecular weight excluding hydrogens is 368 g/mol. The molecule has 0 radical (unpaired) electrons. The van der Waals surface area contributed by atoms with Crippen molar-refractivity contribution < 1.29 is 13.2 Å². The van der Waals surface area contributed by atoms with Crippen LogP contribution in [0.3, 0.4) is 0 Å². The van der Waals surface area contributed by atoms with Crippen molar-refractivity contribution in [2.75, 3.05) is 0 Å². The Morgan fingerprint density at radius 2 is 1.61 bits per heavy atom. The zero-order chi connectivity index (χ0) is 20.8. The summed E-state index contributed by atoms with van der Waals surface area (Å²) in [7, 11) is -3.42. The number of benzene rings is 1. The Bertz CT molecular complexity index is 1010. The van der Waals surface area contributed by atoms with Gasteiger partial charge in [0.15, 0.2) is 9.84 Å². The van der Waals surface area contributed by atoms with E-state index in [1.165, 1.54) is 5.57 Å². The largest absolute Gasteiger partial charge is 0.487 e. The number of sulfone groups is 1. The minimum absolute atomic E-state index is 0.172. The molecular formula is C24H34O3S. The van der Waals surface area contributed by atoms with Gasteiger partial charge in [0.1, 0.15) is 11.4 Å². The maximum atomic E-state index is 13.9. The molecule has 1 saturated carbocycles. The maximum Gasteiger partial charge on any atom is 0.185 e. The fourth-order valence-corrected chi connectivity index (χ4v) is 8.34. The first-order valence-electron chi connectivity index (χ1n) is 10.5. The van der Waals surface area contributed by atoms with Crippen molar-refractivity contribution in [1.29, 1.82) is 0 Å². The van der Waals surface area contributed by atoms with E-state index in [0.29, 0.717) is 10.8 Å². The summed E-state index contributed by atoms with van der Waals surface area (Å²) in [6.45, 7) is 16.7. The molecule has 1 aromatic carbocycles. The van der Waals surface area contributed by atoms with Gasteiger partial charge in [-0.05, 0) is 101 Å². The topological polar surface area (TPSA) is 43.4 Å². The Hall–Kier alpha value is -1.29. The standard InChI is InChI=1S/C24H34O3S/c1-13-14(2)22(15(3)18-9-10-23(5,6)27-21(13)18)28(25,26)20-12-17-11-19(16(20)4)24(17,7)8/h17,20H,9-12H2,1-8H3. The minimum Gasteiger partial charge on any atom is -0.487 e. The second-order valence-electron chi connectivity index (χ2n) is 10.4. The van der Waals surface area contributed by atoms with Gasteiger partial charge in [0.2, 0.25) is 0 Å². The van der Waals surface area contributed by atoms with Gasteiger partial charge in [-0.3, -0.25) is 0 Å². The summed E-state index contributed by atoms with van der Waals surface area (Å²) in [4.78, 5) is 0.566. The fraction of sp³-hybridized carbons (Fsp3) is 0.667. The second kappa shape index (κ2) is 5.87. The summed E-state index contributed by atoms with van der Waals surface area (Å²) >= 11 is 0. The minimum atomic E-state index is -3.42. The van der Waals surface area contributed by atoms with E-state index in [9.17, 15) is 8.42 Å². The van der Waals surface area contributed by atoms with E-state index in [4.69, 9.17) is 4.74 Å². The van der Waals surface area contributed by atoms with Crippen LogP contribution in [0.1, 0.15) is 76.1 Å². The zero-order valence-electron chi connectivity index (χ0n) is 18.6. The first-order valence-corrected chi connectivity index (χ1v) is 12.1. The highest BCUT2D eigenvalue weighted by molar-refractivity contribution is 7.92. The molecule has 1 heterocycles. The summed E-state index contributed by atoms with van der Waals surface area (Å²) < 4.78 is 34.1. The molecule has 0 aromatic heterocycles. The van der Waals surface area contributed by atoms with Crippen molar-refractivity contribution in [2.24, 2.45) is 11.3 Å². The van der Waals surface area contributed by atoms with Gasteiger partial charge in [-0.15, -0.1) is 0 Å². The highest BCUT2D eigenvalue weighted by atomic mass is 32.2. The summed E-state index contributed by atoms with van der Waals surface area (Å²) in [6, 6.07) is 0. The molecule has 4 heteroatoms. The van der Waals surface area contributed by atoms with Crippen molar-refractivity contribution in [3.63, 3.8) is 0 Å². The lowest BCUT2D eigenvalue weighted by Crippen LogP contribution is -2.48. The Morgan fingerprint density at radius 1 is 0.964 bits per heavy atom. The van der Waals surface area contributed by atoms with Crippen LogP contribution < -0.4 is 4.74 Å². The van der Waals surface area contributed by atoms with Crippen molar-refractivity contribution in [3.05, 3.63) is 33.4 Å². The third-order valence-corrected chi connectivity index (χ3v) is 10.5. The van der Waals surface area contributed by atoms with Crippen molar-refractivity contribution >= 4 is 9.84 Å². The number of ether oxygens (including phenoxy) is 1.